The average molecular weight is 257 g/mol. The van der Waals surface area contributed by atoms with Crippen LogP contribution in [0.1, 0.15) is 12.8 Å². The van der Waals surface area contributed by atoms with Crippen molar-refractivity contribution >= 4 is 16.6 Å². The molecule has 1 aromatic carbocycles. The number of aromatic nitrogens is 1. The van der Waals surface area contributed by atoms with Crippen LogP contribution < -0.4 is 10.6 Å². The summed E-state index contributed by atoms with van der Waals surface area (Å²) in [6.07, 6.45) is 4.18. The molecule has 1 aliphatic heterocycles. The number of anilines is 1. The van der Waals surface area contributed by atoms with Crippen LogP contribution in [0.5, 0.6) is 5.75 Å². The van der Waals surface area contributed by atoms with Gasteiger partial charge in [0.05, 0.1) is 5.39 Å². The second-order valence-electron chi connectivity index (χ2n) is 5.11. The van der Waals surface area contributed by atoms with Gasteiger partial charge in [0.1, 0.15) is 11.6 Å². The van der Waals surface area contributed by atoms with Gasteiger partial charge in [-0.1, -0.05) is 12.1 Å². The largest absolute Gasteiger partial charge is 0.507 e. The maximum Gasteiger partial charge on any atom is 0.137 e. The van der Waals surface area contributed by atoms with E-state index in [9.17, 15) is 5.11 Å². The summed E-state index contributed by atoms with van der Waals surface area (Å²) < 4.78 is 0. The molecule has 4 nitrogen and oxygen atoms in total. The number of nitrogens with one attached hydrogen (secondary N) is 2. The molecule has 2 aromatic rings. The molecule has 4 heteroatoms. The van der Waals surface area contributed by atoms with Crippen molar-refractivity contribution in [3.05, 3.63) is 30.5 Å². The monoisotopic (exact) mass is 257 g/mol. The molecular formula is C15H19N3O. The fraction of sp³-hybridized carbons (Fsp3) is 0.400. The third kappa shape index (κ3) is 2.63. The number of pyridine rings is 1. The second kappa shape index (κ2) is 5.45. The van der Waals surface area contributed by atoms with Crippen LogP contribution in [0, 0.1) is 5.92 Å². The first-order valence-electron chi connectivity index (χ1n) is 6.86. The van der Waals surface area contributed by atoms with E-state index in [0.29, 0.717) is 0 Å². The van der Waals surface area contributed by atoms with Crippen molar-refractivity contribution in [2.75, 3.05) is 25.0 Å². The average Bonchev–Trinajstić information content (AvgIpc) is 2.92. The summed E-state index contributed by atoms with van der Waals surface area (Å²) in [5, 5.41) is 18.5. The fourth-order valence-corrected chi connectivity index (χ4v) is 2.70. The Kier molecular flexibility index (Phi) is 3.51. The Bertz CT molecular complexity index is 559. The first-order chi connectivity index (χ1) is 9.34. The van der Waals surface area contributed by atoms with Crippen molar-refractivity contribution in [2.45, 2.75) is 12.8 Å². The molecule has 100 valence electrons. The maximum absolute atomic E-state index is 9.97. The minimum absolute atomic E-state index is 0.288. The minimum atomic E-state index is 0.288. The van der Waals surface area contributed by atoms with Gasteiger partial charge in [-0.25, -0.2) is 4.98 Å². The molecule has 0 bridgehead atoms. The number of phenols is 1. The summed E-state index contributed by atoms with van der Waals surface area (Å²) >= 11 is 0. The lowest BCUT2D eigenvalue weighted by molar-refractivity contribution is 0.481. The molecule has 1 saturated heterocycles. The molecule has 3 rings (SSSR count). The molecule has 0 saturated carbocycles. The summed E-state index contributed by atoms with van der Waals surface area (Å²) in [6, 6.07) is 7.46. The second-order valence-corrected chi connectivity index (χ2v) is 5.11. The van der Waals surface area contributed by atoms with Crippen molar-refractivity contribution in [1.82, 2.24) is 10.3 Å². The van der Waals surface area contributed by atoms with E-state index in [0.717, 1.165) is 48.6 Å². The summed E-state index contributed by atoms with van der Waals surface area (Å²) in [6.45, 7) is 3.15. The zero-order valence-electron chi connectivity index (χ0n) is 10.9. The third-order valence-electron chi connectivity index (χ3n) is 3.78. The highest BCUT2D eigenvalue weighted by atomic mass is 16.3. The van der Waals surface area contributed by atoms with Gasteiger partial charge in [-0.3, -0.25) is 0 Å². The van der Waals surface area contributed by atoms with E-state index in [4.69, 9.17) is 0 Å². The molecule has 19 heavy (non-hydrogen) atoms. The summed E-state index contributed by atoms with van der Waals surface area (Å²) in [7, 11) is 0. The Morgan fingerprint density at radius 2 is 2.32 bits per heavy atom. The van der Waals surface area contributed by atoms with Crippen molar-refractivity contribution in [1.29, 1.82) is 0 Å². The number of hydrogen-bond donors (Lipinski definition) is 3. The lowest BCUT2D eigenvalue weighted by Crippen LogP contribution is -2.13. The number of hydrogen-bond acceptors (Lipinski definition) is 4. The Morgan fingerprint density at radius 3 is 3.16 bits per heavy atom. The predicted molar refractivity (Wildman–Crippen MR) is 77.5 cm³/mol. The van der Waals surface area contributed by atoms with Gasteiger partial charge in [-0.05, 0) is 49.4 Å². The van der Waals surface area contributed by atoms with E-state index in [1.807, 2.05) is 18.2 Å². The summed E-state index contributed by atoms with van der Waals surface area (Å²) in [5.74, 6) is 1.83. The minimum Gasteiger partial charge on any atom is -0.507 e. The maximum atomic E-state index is 9.97. The van der Waals surface area contributed by atoms with Crippen molar-refractivity contribution < 1.29 is 5.11 Å². The highest BCUT2D eigenvalue weighted by Gasteiger charge is 2.14. The summed E-state index contributed by atoms with van der Waals surface area (Å²) in [5.41, 5.74) is 0. The van der Waals surface area contributed by atoms with Crippen LogP contribution in [0.2, 0.25) is 0 Å². The lowest BCUT2D eigenvalue weighted by atomic mass is 10.1. The normalized spacial score (nSPS) is 18.8. The molecule has 0 amide bonds. The SMILES string of the molecule is Oc1cccc2ccnc(NCCC3CCNC3)c12. The highest BCUT2D eigenvalue weighted by Crippen LogP contribution is 2.29. The van der Waals surface area contributed by atoms with Gasteiger partial charge in [0.15, 0.2) is 0 Å². The molecule has 1 unspecified atom stereocenters. The Balaban J connectivity index is 1.73. The smallest absolute Gasteiger partial charge is 0.137 e. The highest BCUT2D eigenvalue weighted by molar-refractivity contribution is 5.96. The van der Waals surface area contributed by atoms with Crippen LogP contribution in [-0.2, 0) is 0 Å². The van der Waals surface area contributed by atoms with E-state index in [2.05, 4.69) is 15.6 Å². The molecule has 1 fully saturated rings. The van der Waals surface area contributed by atoms with Crippen LogP contribution in [-0.4, -0.2) is 29.7 Å². The van der Waals surface area contributed by atoms with Gasteiger partial charge in [0, 0.05) is 12.7 Å². The number of fused-ring (bicyclic) bond motifs is 1. The van der Waals surface area contributed by atoms with E-state index < -0.39 is 0 Å². The molecule has 0 aliphatic carbocycles. The number of phenolic OH excluding ortho intramolecular Hbond substituents is 1. The van der Waals surface area contributed by atoms with E-state index >= 15 is 0 Å². The molecule has 1 aliphatic rings. The Hall–Kier alpha value is -1.81. The van der Waals surface area contributed by atoms with E-state index in [1.54, 1.807) is 12.3 Å². The zero-order chi connectivity index (χ0) is 13.1. The topological polar surface area (TPSA) is 57.2 Å². The first-order valence-corrected chi connectivity index (χ1v) is 6.86. The Labute approximate surface area is 112 Å². The summed E-state index contributed by atoms with van der Waals surface area (Å²) in [4.78, 5) is 4.35. The van der Waals surface area contributed by atoms with Gasteiger partial charge in [-0.15, -0.1) is 0 Å². The van der Waals surface area contributed by atoms with Gasteiger partial charge in [0.25, 0.3) is 0 Å². The van der Waals surface area contributed by atoms with Gasteiger partial charge in [0.2, 0.25) is 0 Å². The first kappa shape index (κ1) is 12.2. The van der Waals surface area contributed by atoms with Crippen LogP contribution in [0.4, 0.5) is 5.82 Å². The molecule has 1 aromatic heterocycles. The fourth-order valence-electron chi connectivity index (χ4n) is 2.70. The van der Waals surface area contributed by atoms with Crippen LogP contribution in [0.25, 0.3) is 10.8 Å². The lowest BCUT2D eigenvalue weighted by Gasteiger charge is -2.12. The van der Waals surface area contributed by atoms with E-state index in [1.165, 1.54) is 6.42 Å². The van der Waals surface area contributed by atoms with Gasteiger partial charge < -0.3 is 15.7 Å². The predicted octanol–water partition coefficient (Wildman–Crippen LogP) is 2.35. The molecule has 1 atom stereocenters. The molecule has 0 spiro atoms. The molecule has 2 heterocycles. The van der Waals surface area contributed by atoms with E-state index in [-0.39, 0.29) is 5.75 Å². The van der Waals surface area contributed by atoms with Crippen LogP contribution in [0.3, 0.4) is 0 Å². The number of benzene rings is 1. The van der Waals surface area contributed by atoms with Crippen molar-refractivity contribution in [3.8, 4) is 5.75 Å². The molecule has 3 N–H and O–H groups in total. The van der Waals surface area contributed by atoms with Gasteiger partial charge in [-0.2, -0.15) is 0 Å². The number of rotatable bonds is 4. The number of nitrogens with zero attached hydrogens (tertiary/aromatic N) is 1. The third-order valence-corrected chi connectivity index (χ3v) is 3.78. The van der Waals surface area contributed by atoms with Crippen LogP contribution in [0.15, 0.2) is 30.5 Å². The molecule has 0 radical (unpaired) electrons. The zero-order valence-corrected chi connectivity index (χ0v) is 10.9. The quantitative estimate of drug-likeness (QED) is 0.787. The van der Waals surface area contributed by atoms with Crippen LogP contribution >= 0.6 is 0 Å². The standard InChI is InChI=1S/C15H19N3O/c19-13-3-1-2-12-6-9-18-15(14(12)13)17-8-5-11-4-7-16-10-11/h1-3,6,9,11,16,19H,4-5,7-8,10H2,(H,17,18). The van der Waals surface area contributed by atoms with Crippen molar-refractivity contribution in [3.63, 3.8) is 0 Å². The Morgan fingerprint density at radius 1 is 1.37 bits per heavy atom. The molecular weight excluding hydrogens is 238 g/mol. The van der Waals surface area contributed by atoms with Gasteiger partial charge >= 0.3 is 0 Å². The van der Waals surface area contributed by atoms with Crippen molar-refractivity contribution in [2.24, 2.45) is 5.92 Å². The number of aromatic hydroxyl groups is 1.